The maximum absolute atomic E-state index is 12.0. The molecule has 1 amide bonds. The number of aromatic nitrogens is 2. The third-order valence-corrected chi connectivity index (χ3v) is 3.22. The molecular weight excluding hydrogens is 232 g/mol. The van der Waals surface area contributed by atoms with Crippen LogP contribution in [0.15, 0.2) is 12.5 Å². The number of carbonyl (C=O) groups is 1. The molecule has 0 unspecified atom stereocenters. The molecule has 1 aliphatic rings. The Morgan fingerprint density at radius 1 is 1.67 bits per heavy atom. The van der Waals surface area contributed by atoms with Gasteiger partial charge < -0.3 is 15.8 Å². The predicted octanol–water partition coefficient (Wildman–Crippen LogP) is 0.490. The molecule has 6 heteroatoms. The van der Waals surface area contributed by atoms with Gasteiger partial charge in [0, 0.05) is 24.9 Å². The molecular formula is C12H18N4O2. The SMILES string of the molecule is C[C@@H]1OCCC[C@H]1C(=O)NCc1cncnc1N. The largest absolute Gasteiger partial charge is 0.383 e. The first kappa shape index (κ1) is 12.8. The molecule has 2 atom stereocenters. The number of ether oxygens (including phenoxy) is 1. The summed E-state index contributed by atoms with van der Waals surface area (Å²) in [6.07, 6.45) is 4.77. The van der Waals surface area contributed by atoms with Gasteiger partial charge in [-0.3, -0.25) is 4.79 Å². The fraction of sp³-hybridized carbons (Fsp3) is 0.583. The normalized spacial score (nSPS) is 23.6. The van der Waals surface area contributed by atoms with Gasteiger partial charge in [0.05, 0.1) is 12.0 Å². The fourth-order valence-corrected chi connectivity index (χ4v) is 2.09. The topological polar surface area (TPSA) is 90.1 Å². The quantitative estimate of drug-likeness (QED) is 0.814. The molecule has 0 spiro atoms. The van der Waals surface area contributed by atoms with Gasteiger partial charge in [0.25, 0.3) is 0 Å². The number of hydrogen-bond donors (Lipinski definition) is 2. The zero-order valence-corrected chi connectivity index (χ0v) is 10.4. The van der Waals surface area contributed by atoms with E-state index < -0.39 is 0 Å². The Bertz CT molecular complexity index is 424. The molecule has 0 aliphatic carbocycles. The van der Waals surface area contributed by atoms with Gasteiger partial charge in [-0.1, -0.05) is 0 Å². The average molecular weight is 250 g/mol. The highest BCUT2D eigenvalue weighted by Gasteiger charge is 2.28. The number of nitrogens with zero attached hydrogens (tertiary/aromatic N) is 2. The lowest BCUT2D eigenvalue weighted by atomic mass is 9.94. The van der Waals surface area contributed by atoms with Crippen LogP contribution in [0.5, 0.6) is 0 Å². The number of nitrogens with one attached hydrogen (secondary N) is 1. The van der Waals surface area contributed by atoms with E-state index in [0.717, 1.165) is 25.0 Å². The number of hydrogen-bond acceptors (Lipinski definition) is 5. The summed E-state index contributed by atoms with van der Waals surface area (Å²) in [6, 6.07) is 0. The van der Waals surface area contributed by atoms with E-state index in [1.54, 1.807) is 6.20 Å². The van der Waals surface area contributed by atoms with E-state index in [0.29, 0.717) is 12.4 Å². The first-order chi connectivity index (χ1) is 8.68. The summed E-state index contributed by atoms with van der Waals surface area (Å²) in [5.74, 6) is 0.327. The summed E-state index contributed by atoms with van der Waals surface area (Å²) in [6.45, 7) is 3.03. The van der Waals surface area contributed by atoms with Gasteiger partial charge in [-0.15, -0.1) is 0 Å². The maximum Gasteiger partial charge on any atom is 0.225 e. The van der Waals surface area contributed by atoms with E-state index in [-0.39, 0.29) is 17.9 Å². The Morgan fingerprint density at radius 2 is 2.50 bits per heavy atom. The van der Waals surface area contributed by atoms with Crippen molar-refractivity contribution in [3.8, 4) is 0 Å². The minimum atomic E-state index is -0.0791. The lowest BCUT2D eigenvalue weighted by Crippen LogP contribution is -2.40. The predicted molar refractivity (Wildman–Crippen MR) is 66.4 cm³/mol. The maximum atomic E-state index is 12.0. The van der Waals surface area contributed by atoms with Crippen LogP contribution in [0.4, 0.5) is 5.82 Å². The Kier molecular flexibility index (Phi) is 4.09. The Morgan fingerprint density at radius 3 is 3.22 bits per heavy atom. The molecule has 18 heavy (non-hydrogen) atoms. The second-order valence-electron chi connectivity index (χ2n) is 4.48. The third-order valence-electron chi connectivity index (χ3n) is 3.22. The van der Waals surface area contributed by atoms with Crippen molar-refractivity contribution in [2.24, 2.45) is 5.92 Å². The van der Waals surface area contributed by atoms with E-state index in [1.807, 2.05) is 6.92 Å². The van der Waals surface area contributed by atoms with Crippen LogP contribution in [-0.2, 0) is 16.1 Å². The van der Waals surface area contributed by atoms with Crippen molar-refractivity contribution in [1.29, 1.82) is 0 Å². The Hall–Kier alpha value is -1.69. The summed E-state index contributed by atoms with van der Waals surface area (Å²) in [5, 5.41) is 2.86. The summed E-state index contributed by atoms with van der Waals surface area (Å²) >= 11 is 0. The van der Waals surface area contributed by atoms with Crippen LogP contribution in [-0.4, -0.2) is 28.6 Å². The second-order valence-corrected chi connectivity index (χ2v) is 4.48. The van der Waals surface area contributed by atoms with Crippen LogP contribution in [0.1, 0.15) is 25.3 Å². The molecule has 2 heterocycles. The number of rotatable bonds is 3. The molecule has 98 valence electrons. The number of nitrogen functional groups attached to an aromatic ring is 1. The smallest absolute Gasteiger partial charge is 0.225 e. The molecule has 0 bridgehead atoms. The van der Waals surface area contributed by atoms with Crippen LogP contribution in [0.25, 0.3) is 0 Å². The second kappa shape index (κ2) is 5.77. The highest BCUT2D eigenvalue weighted by atomic mass is 16.5. The molecule has 1 saturated heterocycles. The summed E-state index contributed by atoms with van der Waals surface area (Å²) in [7, 11) is 0. The highest BCUT2D eigenvalue weighted by molar-refractivity contribution is 5.79. The van der Waals surface area contributed by atoms with Crippen molar-refractivity contribution in [2.45, 2.75) is 32.4 Å². The van der Waals surface area contributed by atoms with E-state index in [4.69, 9.17) is 10.5 Å². The standard InChI is InChI=1S/C12H18N4O2/c1-8-10(3-2-4-18-8)12(17)15-6-9-5-14-7-16-11(9)13/h5,7-8,10H,2-4,6H2,1H3,(H,15,17)(H2,13,14,16)/t8-,10+/m0/s1. The molecule has 6 nitrogen and oxygen atoms in total. The van der Waals surface area contributed by atoms with Crippen LogP contribution in [0, 0.1) is 5.92 Å². The monoisotopic (exact) mass is 250 g/mol. The fourth-order valence-electron chi connectivity index (χ4n) is 2.09. The molecule has 0 radical (unpaired) electrons. The van der Waals surface area contributed by atoms with Crippen LogP contribution in [0.2, 0.25) is 0 Å². The van der Waals surface area contributed by atoms with Gasteiger partial charge >= 0.3 is 0 Å². The van der Waals surface area contributed by atoms with Crippen molar-refractivity contribution in [3.05, 3.63) is 18.1 Å². The molecule has 1 aromatic heterocycles. The van der Waals surface area contributed by atoms with Crippen molar-refractivity contribution in [2.75, 3.05) is 12.3 Å². The van der Waals surface area contributed by atoms with Crippen molar-refractivity contribution >= 4 is 11.7 Å². The molecule has 1 fully saturated rings. The van der Waals surface area contributed by atoms with E-state index in [1.165, 1.54) is 6.33 Å². The van der Waals surface area contributed by atoms with Gasteiger partial charge in [-0.2, -0.15) is 0 Å². The van der Waals surface area contributed by atoms with Gasteiger partial charge in [-0.25, -0.2) is 9.97 Å². The summed E-state index contributed by atoms with van der Waals surface area (Å²) in [5.41, 5.74) is 6.42. The minimum Gasteiger partial charge on any atom is -0.383 e. The van der Waals surface area contributed by atoms with Crippen molar-refractivity contribution in [1.82, 2.24) is 15.3 Å². The zero-order valence-electron chi connectivity index (χ0n) is 10.4. The number of amides is 1. The van der Waals surface area contributed by atoms with Gasteiger partial charge in [0.1, 0.15) is 12.1 Å². The van der Waals surface area contributed by atoms with Crippen LogP contribution in [0.3, 0.4) is 0 Å². The molecule has 0 saturated carbocycles. The molecule has 1 aromatic rings. The number of anilines is 1. The first-order valence-electron chi connectivity index (χ1n) is 6.12. The first-order valence-corrected chi connectivity index (χ1v) is 6.12. The number of carbonyl (C=O) groups excluding carboxylic acids is 1. The lowest BCUT2D eigenvalue weighted by molar-refractivity contribution is -0.133. The third kappa shape index (κ3) is 2.95. The zero-order chi connectivity index (χ0) is 13.0. The van der Waals surface area contributed by atoms with Gasteiger partial charge in [-0.05, 0) is 19.8 Å². The minimum absolute atomic E-state index is 0.00505. The Balaban J connectivity index is 1.90. The summed E-state index contributed by atoms with van der Waals surface area (Å²) < 4.78 is 5.48. The van der Waals surface area contributed by atoms with Crippen LogP contribution >= 0.6 is 0 Å². The molecule has 0 aromatic carbocycles. The Labute approximate surface area is 106 Å². The van der Waals surface area contributed by atoms with Crippen molar-refractivity contribution in [3.63, 3.8) is 0 Å². The molecule has 3 N–H and O–H groups in total. The number of nitrogens with two attached hydrogens (primary N) is 1. The van der Waals surface area contributed by atoms with E-state index in [9.17, 15) is 4.79 Å². The van der Waals surface area contributed by atoms with Gasteiger partial charge in [0.15, 0.2) is 0 Å². The van der Waals surface area contributed by atoms with E-state index in [2.05, 4.69) is 15.3 Å². The van der Waals surface area contributed by atoms with Gasteiger partial charge in [0.2, 0.25) is 5.91 Å². The summed E-state index contributed by atoms with van der Waals surface area (Å²) in [4.78, 5) is 19.8. The van der Waals surface area contributed by atoms with E-state index >= 15 is 0 Å². The lowest BCUT2D eigenvalue weighted by Gasteiger charge is -2.28. The van der Waals surface area contributed by atoms with Crippen molar-refractivity contribution < 1.29 is 9.53 Å². The highest BCUT2D eigenvalue weighted by Crippen LogP contribution is 2.20. The molecule has 1 aliphatic heterocycles. The average Bonchev–Trinajstić information content (AvgIpc) is 2.38. The van der Waals surface area contributed by atoms with Crippen LogP contribution < -0.4 is 11.1 Å². The molecule has 2 rings (SSSR count).